The van der Waals surface area contributed by atoms with Crippen molar-refractivity contribution in [3.63, 3.8) is 0 Å². The highest BCUT2D eigenvalue weighted by Gasteiger charge is 2.36. The topological polar surface area (TPSA) is 157 Å². The number of aliphatic hydroxyl groups excluding tert-OH is 3. The Morgan fingerprint density at radius 1 is 1.03 bits per heavy atom. The van der Waals surface area contributed by atoms with Crippen LogP contribution in [-0.2, 0) is 19.1 Å². The van der Waals surface area contributed by atoms with E-state index in [-0.39, 0.29) is 23.9 Å². The van der Waals surface area contributed by atoms with Gasteiger partial charge in [-0.05, 0) is 25.2 Å². The van der Waals surface area contributed by atoms with E-state index < -0.39 is 42.3 Å². The second kappa shape index (κ2) is 13.6. The number of aliphatic hydroxyl groups is 3. The molecule has 1 aliphatic carbocycles. The van der Waals surface area contributed by atoms with E-state index in [4.69, 9.17) is 4.74 Å². The van der Waals surface area contributed by atoms with E-state index in [2.05, 4.69) is 16.0 Å². The van der Waals surface area contributed by atoms with Gasteiger partial charge < -0.3 is 36.0 Å². The normalized spacial score (nSPS) is 19.9. The minimum absolute atomic E-state index is 0.129. The average molecular weight is 472 g/mol. The number of hydrogen-bond donors (Lipinski definition) is 6. The Bertz CT molecular complexity index is 671. The molecule has 0 bridgehead atoms. The maximum absolute atomic E-state index is 12.5. The van der Waals surface area contributed by atoms with Crippen LogP contribution < -0.4 is 16.0 Å². The van der Waals surface area contributed by atoms with E-state index in [0.29, 0.717) is 0 Å². The first-order valence-corrected chi connectivity index (χ1v) is 11.5. The number of carbonyl (C=O) groups excluding carboxylic acids is 3. The van der Waals surface area contributed by atoms with Gasteiger partial charge in [0.15, 0.2) is 6.10 Å². The van der Waals surface area contributed by atoms with Gasteiger partial charge in [0, 0.05) is 13.2 Å². The lowest BCUT2D eigenvalue weighted by Crippen LogP contribution is -2.55. The Hall–Kier alpha value is -2.01. The van der Waals surface area contributed by atoms with E-state index in [0.717, 1.165) is 32.8 Å². The average Bonchev–Trinajstić information content (AvgIpc) is 2.75. The van der Waals surface area contributed by atoms with Crippen molar-refractivity contribution in [3.8, 4) is 0 Å². The third kappa shape index (κ3) is 10.6. The van der Waals surface area contributed by atoms with Crippen LogP contribution in [0.25, 0.3) is 0 Å². The molecule has 5 atom stereocenters. The first kappa shape index (κ1) is 29.0. The molecule has 0 aromatic rings. The van der Waals surface area contributed by atoms with Gasteiger partial charge >= 0.3 is 0 Å². The molecule has 0 unspecified atom stereocenters. The Balaban J connectivity index is 2.54. The molecule has 0 heterocycles. The summed E-state index contributed by atoms with van der Waals surface area (Å²) in [6, 6.07) is -0.892. The molecule has 1 fully saturated rings. The van der Waals surface area contributed by atoms with Crippen LogP contribution >= 0.6 is 0 Å². The molecule has 10 heteroatoms. The highest BCUT2D eigenvalue weighted by atomic mass is 16.5. The first-order valence-electron chi connectivity index (χ1n) is 11.5. The van der Waals surface area contributed by atoms with Crippen LogP contribution in [0, 0.1) is 5.41 Å². The summed E-state index contributed by atoms with van der Waals surface area (Å²) in [7, 11) is 1.16. The van der Waals surface area contributed by atoms with Crippen molar-refractivity contribution in [1.82, 2.24) is 16.0 Å². The van der Waals surface area contributed by atoms with Crippen LogP contribution in [0.2, 0.25) is 0 Å². The maximum atomic E-state index is 12.5. The van der Waals surface area contributed by atoms with Crippen LogP contribution in [0.15, 0.2) is 12.2 Å². The molecule has 6 N–H and O–H groups in total. The standard InChI is InChI=1S/C23H41N3O7/c1-14(21(31)24-13-17(28)26-15-9-7-6-8-10-15)25-22(32)20(33-5)19(30)18(29)16(27)11-12-23(2,3)4/h11-12,14-16,18-20,27,29-30H,6-10,13H2,1-5H3,(H,24,31)(H,25,32)(H,26,28)/b12-11+/t14-,16+,18-,19+,20+/m0/s1. The van der Waals surface area contributed by atoms with E-state index in [1.807, 2.05) is 20.8 Å². The zero-order chi connectivity index (χ0) is 25.2. The van der Waals surface area contributed by atoms with Crippen LogP contribution in [0.3, 0.4) is 0 Å². The van der Waals surface area contributed by atoms with Crippen LogP contribution in [-0.4, -0.2) is 83.2 Å². The largest absolute Gasteiger partial charge is 0.387 e. The summed E-state index contributed by atoms with van der Waals surface area (Å²) in [6.45, 7) is 6.91. The molecule has 190 valence electrons. The summed E-state index contributed by atoms with van der Waals surface area (Å²) >= 11 is 0. The van der Waals surface area contributed by atoms with Gasteiger partial charge in [0.1, 0.15) is 24.4 Å². The number of rotatable bonds is 11. The van der Waals surface area contributed by atoms with Crippen LogP contribution in [0.5, 0.6) is 0 Å². The van der Waals surface area contributed by atoms with Crippen molar-refractivity contribution >= 4 is 17.7 Å². The summed E-state index contributed by atoms with van der Waals surface area (Å²) in [5, 5.41) is 38.4. The summed E-state index contributed by atoms with van der Waals surface area (Å²) in [5.41, 5.74) is -0.250. The molecule has 3 amide bonds. The lowest BCUT2D eigenvalue weighted by atomic mass is 9.94. The number of nitrogens with one attached hydrogen (secondary N) is 3. The van der Waals surface area contributed by atoms with Crippen LogP contribution in [0.4, 0.5) is 0 Å². The quantitative estimate of drug-likeness (QED) is 0.227. The third-order valence-corrected chi connectivity index (χ3v) is 5.46. The zero-order valence-corrected chi connectivity index (χ0v) is 20.3. The number of hydrogen-bond acceptors (Lipinski definition) is 7. The van der Waals surface area contributed by atoms with Gasteiger partial charge in [-0.25, -0.2) is 0 Å². The fraction of sp³-hybridized carbons (Fsp3) is 0.783. The molecular weight excluding hydrogens is 430 g/mol. The van der Waals surface area contributed by atoms with E-state index in [1.165, 1.54) is 19.4 Å². The molecular formula is C23H41N3O7. The molecule has 0 aromatic heterocycles. The predicted octanol–water partition coefficient (Wildman–Crippen LogP) is -0.244. The molecule has 1 rings (SSSR count). The Labute approximate surface area is 196 Å². The Morgan fingerprint density at radius 3 is 2.18 bits per heavy atom. The van der Waals surface area contributed by atoms with Gasteiger partial charge in [-0.3, -0.25) is 14.4 Å². The monoisotopic (exact) mass is 471 g/mol. The lowest BCUT2D eigenvalue weighted by molar-refractivity contribution is -0.150. The fourth-order valence-corrected chi connectivity index (χ4v) is 3.49. The number of carbonyl (C=O) groups is 3. The highest BCUT2D eigenvalue weighted by molar-refractivity contribution is 5.91. The molecule has 1 aliphatic rings. The SMILES string of the molecule is CO[C@@H](C(=O)N[C@@H](C)C(=O)NCC(=O)NC1CCCCC1)[C@H](O)[C@@H](O)[C@H](O)/C=C/C(C)(C)C. The maximum Gasteiger partial charge on any atom is 0.252 e. The van der Waals surface area contributed by atoms with Gasteiger partial charge in [-0.1, -0.05) is 52.2 Å². The lowest BCUT2D eigenvalue weighted by Gasteiger charge is -2.28. The minimum atomic E-state index is -1.74. The molecule has 0 spiro atoms. The molecule has 1 saturated carbocycles. The molecule has 0 aromatic carbocycles. The number of allylic oxidation sites excluding steroid dienone is 1. The fourth-order valence-electron chi connectivity index (χ4n) is 3.49. The molecule has 0 saturated heterocycles. The smallest absolute Gasteiger partial charge is 0.252 e. The summed E-state index contributed by atoms with van der Waals surface area (Å²) in [5.74, 6) is -1.72. The Morgan fingerprint density at radius 2 is 1.64 bits per heavy atom. The van der Waals surface area contributed by atoms with E-state index in [1.54, 1.807) is 6.08 Å². The highest BCUT2D eigenvalue weighted by Crippen LogP contribution is 2.18. The van der Waals surface area contributed by atoms with Gasteiger partial charge in [-0.15, -0.1) is 0 Å². The van der Waals surface area contributed by atoms with Gasteiger partial charge in [-0.2, -0.15) is 0 Å². The summed E-state index contributed by atoms with van der Waals surface area (Å²) in [4.78, 5) is 36.8. The van der Waals surface area contributed by atoms with Crippen molar-refractivity contribution < 1.29 is 34.4 Å². The zero-order valence-electron chi connectivity index (χ0n) is 20.3. The minimum Gasteiger partial charge on any atom is -0.387 e. The molecule has 10 nitrogen and oxygen atoms in total. The number of amides is 3. The summed E-state index contributed by atoms with van der Waals surface area (Å²) in [6.07, 6.45) is 1.81. The van der Waals surface area contributed by atoms with Crippen molar-refractivity contribution in [1.29, 1.82) is 0 Å². The third-order valence-electron chi connectivity index (χ3n) is 5.46. The van der Waals surface area contributed by atoms with Gasteiger partial charge in [0.05, 0.1) is 6.54 Å². The van der Waals surface area contributed by atoms with Crippen molar-refractivity contribution in [2.24, 2.45) is 5.41 Å². The number of methoxy groups -OCH3 is 1. The molecule has 33 heavy (non-hydrogen) atoms. The van der Waals surface area contributed by atoms with Crippen molar-refractivity contribution in [3.05, 3.63) is 12.2 Å². The van der Waals surface area contributed by atoms with Crippen molar-refractivity contribution in [2.75, 3.05) is 13.7 Å². The summed E-state index contributed by atoms with van der Waals surface area (Å²) < 4.78 is 5.00. The first-order chi connectivity index (χ1) is 15.4. The Kier molecular flexibility index (Phi) is 12.0. The van der Waals surface area contributed by atoms with E-state index in [9.17, 15) is 29.7 Å². The molecule has 0 radical (unpaired) electrons. The molecule has 0 aliphatic heterocycles. The van der Waals surface area contributed by atoms with Gasteiger partial charge in [0.25, 0.3) is 5.91 Å². The second-order valence-corrected chi connectivity index (χ2v) is 9.70. The van der Waals surface area contributed by atoms with E-state index >= 15 is 0 Å². The predicted molar refractivity (Wildman–Crippen MR) is 123 cm³/mol. The van der Waals surface area contributed by atoms with Crippen molar-refractivity contribution in [2.45, 2.75) is 96.3 Å². The second-order valence-electron chi connectivity index (χ2n) is 9.70. The number of ether oxygens (including phenoxy) is 1. The van der Waals surface area contributed by atoms with Gasteiger partial charge in [0.2, 0.25) is 11.8 Å². The van der Waals surface area contributed by atoms with Crippen LogP contribution in [0.1, 0.15) is 59.8 Å².